The van der Waals surface area contributed by atoms with Gasteiger partial charge < -0.3 is 10.5 Å². The number of aryl methyl sites for hydroxylation is 1. The van der Waals surface area contributed by atoms with E-state index >= 15 is 0 Å². The molecule has 0 amide bonds. The number of carbonyl (C=O) groups excluding carboxylic acids is 1. The van der Waals surface area contributed by atoms with E-state index in [1.54, 1.807) is 4.68 Å². The fourth-order valence-corrected chi connectivity index (χ4v) is 5.74. The Labute approximate surface area is 215 Å². The smallest absolute Gasteiger partial charge is 0.419 e. The number of nitrogens with zero attached hydrogens (tertiary/aromatic N) is 6. The lowest BCUT2D eigenvalue weighted by atomic mass is 10.1. The zero-order valence-corrected chi connectivity index (χ0v) is 22.4. The van der Waals surface area contributed by atoms with E-state index in [1.165, 1.54) is 21.5 Å². The third-order valence-corrected chi connectivity index (χ3v) is 7.84. The van der Waals surface area contributed by atoms with Gasteiger partial charge in [0.1, 0.15) is 23.4 Å². The van der Waals surface area contributed by atoms with Crippen LogP contribution in [-0.2, 0) is 14.8 Å². The van der Waals surface area contributed by atoms with E-state index in [4.69, 9.17) is 15.6 Å². The van der Waals surface area contributed by atoms with Crippen molar-refractivity contribution < 1.29 is 17.9 Å². The first-order chi connectivity index (χ1) is 17.3. The molecule has 1 fully saturated rings. The summed E-state index contributed by atoms with van der Waals surface area (Å²) in [4.78, 5) is 22.1. The minimum Gasteiger partial charge on any atom is -0.443 e. The third kappa shape index (κ3) is 4.66. The highest BCUT2D eigenvalue weighted by Crippen LogP contribution is 2.37. The van der Waals surface area contributed by atoms with Crippen LogP contribution in [0, 0.1) is 6.92 Å². The Morgan fingerprint density at radius 3 is 2.49 bits per heavy atom. The average Bonchev–Trinajstić information content (AvgIpc) is 3.36. The van der Waals surface area contributed by atoms with E-state index in [1.807, 2.05) is 52.0 Å². The number of aromatic nitrogens is 5. The Hall–Kier alpha value is -3.51. The first-order valence-corrected chi connectivity index (χ1v) is 14.0. The van der Waals surface area contributed by atoms with Crippen molar-refractivity contribution in [2.75, 3.05) is 25.1 Å². The second-order valence-electron chi connectivity index (χ2n) is 10.6. The molecule has 1 saturated heterocycles. The van der Waals surface area contributed by atoms with Gasteiger partial charge in [-0.15, -0.1) is 0 Å². The number of sulfonamides is 1. The maximum absolute atomic E-state index is 13.5. The molecule has 5 rings (SSSR count). The predicted molar refractivity (Wildman–Crippen MR) is 142 cm³/mol. The third-order valence-electron chi connectivity index (χ3n) is 6.53. The van der Waals surface area contributed by atoms with Crippen LogP contribution in [0.2, 0.25) is 0 Å². The molecule has 0 spiro atoms. The molecular weight excluding hydrogens is 494 g/mol. The maximum Gasteiger partial charge on any atom is 0.419 e. The number of rotatable bonds is 3. The van der Waals surface area contributed by atoms with Gasteiger partial charge in [0, 0.05) is 18.5 Å². The van der Waals surface area contributed by atoms with Crippen molar-refractivity contribution >= 4 is 43.9 Å². The van der Waals surface area contributed by atoms with Gasteiger partial charge in [0.05, 0.1) is 28.9 Å². The largest absolute Gasteiger partial charge is 0.443 e. The standard InChI is InChI=1S/C25H31N7O4S/c1-15-6-7-18-16(12-15)13-19(31(18)24(33)36-25(2,3)4)21-20-22(26)27-14-28-23(20)32(29-21)17-8-10-30(11-9-17)37(5,34)35/h6-7,12-14,17H,8-11H2,1-5H3,(H2,26,27,28). The van der Waals surface area contributed by atoms with Crippen molar-refractivity contribution in [1.29, 1.82) is 0 Å². The molecule has 1 aliphatic rings. The van der Waals surface area contributed by atoms with Gasteiger partial charge >= 0.3 is 6.09 Å². The van der Waals surface area contributed by atoms with Crippen molar-refractivity contribution in [2.24, 2.45) is 0 Å². The Morgan fingerprint density at radius 1 is 1.14 bits per heavy atom. The topological polar surface area (TPSA) is 138 Å². The molecule has 1 aromatic carbocycles. The summed E-state index contributed by atoms with van der Waals surface area (Å²) in [5.41, 5.74) is 8.92. The van der Waals surface area contributed by atoms with Crippen molar-refractivity contribution in [3.63, 3.8) is 0 Å². The highest BCUT2D eigenvalue weighted by molar-refractivity contribution is 7.88. The number of nitrogen functional groups attached to an aromatic ring is 1. The van der Waals surface area contributed by atoms with E-state index in [0.717, 1.165) is 10.9 Å². The molecule has 1 aliphatic heterocycles. The lowest BCUT2D eigenvalue weighted by molar-refractivity contribution is 0.0547. The summed E-state index contributed by atoms with van der Waals surface area (Å²) in [5.74, 6) is 0.247. The monoisotopic (exact) mass is 525 g/mol. The van der Waals surface area contributed by atoms with Gasteiger partial charge in [-0.1, -0.05) is 11.6 Å². The van der Waals surface area contributed by atoms with Gasteiger partial charge in [-0.25, -0.2) is 36.7 Å². The molecule has 0 aliphatic carbocycles. The van der Waals surface area contributed by atoms with E-state index < -0.39 is 21.7 Å². The van der Waals surface area contributed by atoms with E-state index in [2.05, 4.69) is 9.97 Å². The van der Waals surface area contributed by atoms with Crippen LogP contribution in [0.25, 0.3) is 33.3 Å². The van der Waals surface area contributed by atoms with Crippen LogP contribution in [0.4, 0.5) is 10.6 Å². The zero-order valence-electron chi connectivity index (χ0n) is 21.6. The summed E-state index contributed by atoms with van der Waals surface area (Å²) in [6.07, 6.45) is 3.22. The van der Waals surface area contributed by atoms with Crippen LogP contribution in [0.15, 0.2) is 30.6 Å². The van der Waals surface area contributed by atoms with Crippen LogP contribution in [0.1, 0.15) is 45.2 Å². The molecule has 0 atom stereocenters. The maximum atomic E-state index is 13.5. The number of carbonyl (C=O) groups is 1. The molecule has 11 nitrogen and oxygen atoms in total. The minimum atomic E-state index is -3.26. The number of piperidine rings is 1. The quantitative estimate of drug-likeness (QED) is 0.427. The molecule has 37 heavy (non-hydrogen) atoms. The number of fused-ring (bicyclic) bond motifs is 2. The minimum absolute atomic E-state index is 0.0925. The first-order valence-electron chi connectivity index (χ1n) is 12.1. The summed E-state index contributed by atoms with van der Waals surface area (Å²) in [7, 11) is -3.26. The summed E-state index contributed by atoms with van der Waals surface area (Å²) in [5, 5.41) is 6.33. The number of anilines is 1. The highest BCUT2D eigenvalue weighted by Gasteiger charge is 2.31. The van der Waals surface area contributed by atoms with Crippen molar-refractivity contribution in [1.82, 2.24) is 28.6 Å². The number of nitrogens with two attached hydrogens (primary N) is 1. The molecule has 0 unspecified atom stereocenters. The number of ether oxygens (including phenoxy) is 1. The average molecular weight is 526 g/mol. The summed E-state index contributed by atoms with van der Waals surface area (Å²) in [6, 6.07) is 7.64. The van der Waals surface area contributed by atoms with Gasteiger partial charge in [0.15, 0.2) is 5.65 Å². The number of hydrogen-bond donors (Lipinski definition) is 1. The predicted octanol–water partition coefficient (Wildman–Crippen LogP) is 3.72. The van der Waals surface area contributed by atoms with Gasteiger partial charge in [0.2, 0.25) is 10.0 Å². The first kappa shape index (κ1) is 25.2. The van der Waals surface area contributed by atoms with Crippen LogP contribution in [-0.4, -0.2) is 68.1 Å². The van der Waals surface area contributed by atoms with E-state index in [0.29, 0.717) is 53.9 Å². The van der Waals surface area contributed by atoms with E-state index in [9.17, 15) is 13.2 Å². The summed E-state index contributed by atoms with van der Waals surface area (Å²) >= 11 is 0. The molecule has 196 valence electrons. The van der Waals surface area contributed by atoms with Gasteiger partial charge in [-0.3, -0.25) is 0 Å². The molecule has 12 heteroatoms. The molecule has 4 heterocycles. The molecule has 3 aromatic heterocycles. The molecule has 0 saturated carbocycles. The second kappa shape index (κ2) is 8.80. The Bertz CT molecular complexity index is 1620. The normalized spacial score (nSPS) is 16.0. The number of hydrogen-bond acceptors (Lipinski definition) is 8. The van der Waals surface area contributed by atoms with Crippen LogP contribution in [0.5, 0.6) is 0 Å². The van der Waals surface area contributed by atoms with Crippen molar-refractivity contribution in [3.8, 4) is 11.4 Å². The lowest BCUT2D eigenvalue weighted by Gasteiger charge is -2.30. The SMILES string of the molecule is Cc1ccc2c(c1)cc(-c1nn(C3CCN(S(C)(=O)=O)CC3)c3ncnc(N)c13)n2C(=O)OC(C)(C)C. The van der Waals surface area contributed by atoms with Crippen LogP contribution >= 0.6 is 0 Å². The molecule has 2 N–H and O–H groups in total. The number of benzene rings is 1. The highest BCUT2D eigenvalue weighted by atomic mass is 32.2. The second-order valence-corrected chi connectivity index (χ2v) is 12.5. The van der Waals surface area contributed by atoms with Crippen LogP contribution < -0.4 is 5.73 Å². The van der Waals surface area contributed by atoms with Gasteiger partial charge in [0.25, 0.3) is 0 Å². The van der Waals surface area contributed by atoms with Gasteiger partial charge in [-0.05, 0) is 58.7 Å². The molecule has 4 aromatic rings. The Balaban J connectivity index is 1.69. The zero-order chi connectivity index (χ0) is 26.7. The van der Waals surface area contributed by atoms with Gasteiger partial charge in [-0.2, -0.15) is 5.10 Å². The molecule has 0 bridgehead atoms. The molecule has 0 radical (unpaired) electrons. The van der Waals surface area contributed by atoms with Crippen molar-refractivity contribution in [3.05, 3.63) is 36.2 Å². The van der Waals surface area contributed by atoms with E-state index in [-0.39, 0.29) is 11.9 Å². The fourth-order valence-electron chi connectivity index (χ4n) is 4.86. The van der Waals surface area contributed by atoms with Crippen LogP contribution in [0.3, 0.4) is 0 Å². The lowest BCUT2D eigenvalue weighted by Crippen LogP contribution is -2.38. The molecular formula is C25H31N7O4S. The Kier molecular flexibility index (Phi) is 5.99. The Morgan fingerprint density at radius 2 is 1.84 bits per heavy atom. The summed E-state index contributed by atoms with van der Waals surface area (Å²) < 4.78 is 34.6. The fraction of sp³-hybridized carbons (Fsp3) is 0.440. The van der Waals surface area contributed by atoms with Crippen molar-refractivity contribution in [2.45, 2.75) is 52.2 Å². The summed E-state index contributed by atoms with van der Waals surface area (Å²) in [6.45, 7) is 8.22.